The van der Waals surface area contributed by atoms with Gasteiger partial charge in [-0.2, -0.15) is 0 Å². The van der Waals surface area contributed by atoms with E-state index in [1.54, 1.807) is 0 Å². The van der Waals surface area contributed by atoms with Crippen LogP contribution in [0.15, 0.2) is 48.5 Å². The summed E-state index contributed by atoms with van der Waals surface area (Å²) in [6.07, 6.45) is 6.48. The van der Waals surface area contributed by atoms with E-state index in [9.17, 15) is 0 Å². The summed E-state index contributed by atoms with van der Waals surface area (Å²) in [6.45, 7) is 7.91. The maximum absolute atomic E-state index is 5.84. The van der Waals surface area contributed by atoms with Gasteiger partial charge in [0.1, 0.15) is 5.75 Å². The summed E-state index contributed by atoms with van der Waals surface area (Å²) in [7, 11) is 0. The Morgan fingerprint density at radius 2 is 1.36 bits per heavy atom. The van der Waals surface area contributed by atoms with Crippen LogP contribution in [0.2, 0.25) is 0 Å². The van der Waals surface area contributed by atoms with Crippen molar-refractivity contribution in [3.8, 4) is 16.9 Å². The minimum atomic E-state index is 0.146. The quantitative estimate of drug-likeness (QED) is 0.419. The largest absolute Gasteiger partial charge is 0.494 e. The van der Waals surface area contributed by atoms with Crippen molar-refractivity contribution < 1.29 is 9.47 Å². The van der Waals surface area contributed by atoms with E-state index in [1.807, 2.05) is 6.92 Å². The van der Waals surface area contributed by atoms with Crippen LogP contribution in [0, 0.1) is 0 Å². The van der Waals surface area contributed by atoms with Crippen molar-refractivity contribution >= 4 is 0 Å². The Morgan fingerprint density at radius 3 is 1.96 bits per heavy atom. The van der Waals surface area contributed by atoms with Gasteiger partial charge in [-0.1, -0.05) is 69.0 Å². The zero-order chi connectivity index (χ0) is 17.9. The fraction of sp³-hybridized carbons (Fsp3) is 0.478. The lowest BCUT2D eigenvalue weighted by Gasteiger charge is -2.12. The normalized spacial score (nSPS) is 12.1. The lowest BCUT2D eigenvalue weighted by Crippen LogP contribution is -1.99. The SMILES string of the molecule is CCCCCCCOc1ccc(-c2ccc(C(C)OCC)cc2)cc1. The monoisotopic (exact) mass is 340 g/mol. The van der Waals surface area contributed by atoms with Crippen LogP contribution in [0.25, 0.3) is 11.1 Å². The van der Waals surface area contributed by atoms with Crippen LogP contribution in [0.4, 0.5) is 0 Å². The molecular formula is C23H32O2. The molecule has 2 aromatic carbocycles. The molecule has 0 aromatic heterocycles. The molecule has 0 saturated heterocycles. The van der Waals surface area contributed by atoms with Crippen molar-refractivity contribution in [2.24, 2.45) is 0 Å². The molecule has 2 aromatic rings. The van der Waals surface area contributed by atoms with Gasteiger partial charge in [0, 0.05) is 6.61 Å². The Hall–Kier alpha value is -1.80. The molecule has 0 saturated carbocycles. The van der Waals surface area contributed by atoms with Crippen LogP contribution < -0.4 is 4.74 Å². The molecule has 2 heteroatoms. The van der Waals surface area contributed by atoms with E-state index in [2.05, 4.69) is 62.4 Å². The zero-order valence-electron chi connectivity index (χ0n) is 16.0. The van der Waals surface area contributed by atoms with E-state index in [0.29, 0.717) is 0 Å². The molecule has 0 aliphatic heterocycles. The summed E-state index contributed by atoms with van der Waals surface area (Å²) >= 11 is 0. The fourth-order valence-electron chi connectivity index (χ4n) is 2.93. The molecule has 1 unspecified atom stereocenters. The van der Waals surface area contributed by atoms with Crippen LogP contribution in [-0.4, -0.2) is 13.2 Å². The third-order valence-electron chi connectivity index (χ3n) is 4.50. The molecule has 0 aliphatic rings. The highest BCUT2D eigenvalue weighted by molar-refractivity contribution is 5.64. The second-order valence-corrected chi connectivity index (χ2v) is 6.51. The molecule has 0 heterocycles. The second kappa shape index (κ2) is 10.9. The molecule has 0 aliphatic carbocycles. The highest BCUT2D eigenvalue weighted by Gasteiger charge is 2.05. The molecule has 25 heavy (non-hydrogen) atoms. The van der Waals surface area contributed by atoms with Crippen molar-refractivity contribution in [3.05, 3.63) is 54.1 Å². The fourth-order valence-corrected chi connectivity index (χ4v) is 2.93. The van der Waals surface area contributed by atoms with Crippen molar-refractivity contribution in [1.82, 2.24) is 0 Å². The van der Waals surface area contributed by atoms with Crippen molar-refractivity contribution in [1.29, 1.82) is 0 Å². The molecule has 0 bridgehead atoms. The Morgan fingerprint density at radius 1 is 0.760 bits per heavy atom. The number of rotatable bonds is 11. The van der Waals surface area contributed by atoms with Gasteiger partial charge < -0.3 is 9.47 Å². The smallest absolute Gasteiger partial charge is 0.119 e. The maximum Gasteiger partial charge on any atom is 0.119 e. The van der Waals surface area contributed by atoms with Gasteiger partial charge in [-0.25, -0.2) is 0 Å². The lowest BCUT2D eigenvalue weighted by molar-refractivity contribution is 0.0764. The average Bonchev–Trinajstić information content (AvgIpc) is 2.65. The summed E-state index contributed by atoms with van der Waals surface area (Å²) < 4.78 is 11.5. The van der Waals surface area contributed by atoms with Crippen LogP contribution in [0.5, 0.6) is 5.75 Å². The molecule has 0 radical (unpaired) electrons. The minimum Gasteiger partial charge on any atom is -0.494 e. The van der Waals surface area contributed by atoms with Crippen molar-refractivity contribution in [3.63, 3.8) is 0 Å². The van der Waals surface area contributed by atoms with Gasteiger partial charge in [0.25, 0.3) is 0 Å². The summed E-state index contributed by atoms with van der Waals surface area (Å²) in [5.41, 5.74) is 3.65. The third-order valence-corrected chi connectivity index (χ3v) is 4.50. The first kappa shape index (κ1) is 19.5. The van der Waals surface area contributed by atoms with Gasteiger partial charge in [-0.15, -0.1) is 0 Å². The molecule has 136 valence electrons. The summed E-state index contributed by atoms with van der Waals surface area (Å²) in [5.74, 6) is 0.959. The number of ether oxygens (including phenoxy) is 2. The summed E-state index contributed by atoms with van der Waals surface area (Å²) in [5, 5.41) is 0. The van der Waals surface area contributed by atoms with Crippen LogP contribution in [0.1, 0.15) is 64.5 Å². The predicted molar refractivity (Wildman–Crippen MR) is 106 cm³/mol. The number of hydrogen-bond donors (Lipinski definition) is 0. The van der Waals surface area contributed by atoms with Gasteiger partial charge in [0.05, 0.1) is 12.7 Å². The summed E-state index contributed by atoms with van der Waals surface area (Å²) in [4.78, 5) is 0. The molecule has 2 nitrogen and oxygen atoms in total. The van der Waals surface area contributed by atoms with Gasteiger partial charge in [0.2, 0.25) is 0 Å². The molecule has 0 spiro atoms. The Balaban J connectivity index is 1.85. The van der Waals surface area contributed by atoms with E-state index in [4.69, 9.17) is 9.47 Å². The first-order valence-electron chi connectivity index (χ1n) is 9.69. The Kier molecular flexibility index (Phi) is 8.54. The molecule has 2 rings (SSSR count). The van der Waals surface area contributed by atoms with E-state index in [-0.39, 0.29) is 6.10 Å². The first-order chi connectivity index (χ1) is 12.2. The van der Waals surface area contributed by atoms with Gasteiger partial charge >= 0.3 is 0 Å². The Bertz CT molecular complexity index is 586. The Labute approximate surface area is 153 Å². The topological polar surface area (TPSA) is 18.5 Å². The lowest BCUT2D eigenvalue weighted by atomic mass is 10.0. The number of hydrogen-bond acceptors (Lipinski definition) is 2. The van der Waals surface area contributed by atoms with Crippen LogP contribution >= 0.6 is 0 Å². The van der Waals surface area contributed by atoms with Crippen LogP contribution in [0.3, 0.4) is 0 Å². The van der Waals surface area contributed by atoms with Crippen molar-refractivity contribution in [2.75, 3.05) is 13.2 Å². The van der Waals surface area contributed by atoms with Gasteiger partial charge in [-0.3, -0.25) is 0 Å². The third kappa shape index (κ3) is 6.55. The van der Waals surface area contributed by atoms with Gasteiger partial charge in [-0.05, 0) is 49.1 Å². The second-order valence-electron chi connectivity index (χ2n) is 6.51. The van der Waals surface area contributed by atoms with E-state index in [0.717, 1.165) is 25.4 Å². The van der Waals surface area contributed by atoms with E-state index >= 15 is 0 Å². The number of benzene rings is 2. The minimum absolute atomic E-state index is 0.146. The molecule has 0 fully saturated rings. The molecule has 0 N–H and O–H groups in total. The maximum atomic E-state index is 5.84. The molecule has 1 atom stereocenters. The van der Waals surface area contributed by atoms with E-state index < -0.39 is 0 Å². The van der Waals surface area contributed by atoms with Crippen LogP contribution in [-0.2, 0) is 4.74 Å². The first-order valence-corrected chi connectivity index (χ1v) is 9.69. The molecular weight excluding hydrogens is 308 g/mol. The highest BCUT2D eigenvalue weighted by Crippen LogP contribution is 2.25. The highest BCUT2D eigenvalue weighted by atomic mass is 16.5. The average molecular weight is 341 g/mol. The molecule has 0 amide bonds. The zero-order valence-corrected chi connectivity index (χ0v) is 16.0. The standard InChI is InChI=1S/C23H32O2/c1-4-6-7-8-9-18-25-23-16-14-22(15-17-23)21-12-10-20(11-13-21)19(3)24-5-2/h10-17,19H,4-9,18H2,1-3H3. The van der Waals surface area contributed by atoms with Crippen molar-refractivity contribution in [2.45, 2.75) is 59.0 Å². The number of unbranched alkanes of at least 4 members (excludes halogenated alkanes) is 4. The predicted octanol–water partition coefficient (Wildman–Crippen LogP) is 6.80. The van der Waals surface area contributed by atoms with Gasteiger partial charge in [0.15, 0.2) is 0 Å². The van der Waals surface area contributed by atoms with E-state index in [1.165, 1.54) is 42.4 Å². The summed E-state index contributed by atoms with van der Waals surface area (Å²) in [6, 6.07) is 17.0.